The number of halogens is 5. The van der Waals surface area contributed by atoms with E-state index in [1.807, 2.05) is 5.32 Å². The van der Waals surface area contributed by atoms with Crippen LogP contribution in [0.15, 0.2) is 48.5 Å². The largest absolute Gasteiger partial charge is 0.423 e. The molecule has 2 N–H and O–H groups in total. The fraction of sp³-hybridized carbons (Fsp3) is 0.235. The Kier molecular flexibility index (Phi) is 5.69. The van der Waals surface area contributed by atoms with Crippen molar-refractivity contribution in [3.8, 4) is 0 Å². The first kappa shape index (κ1) is 19.2. The van der Waals surface area contributed by atoms with Crippen LogP contribution in [0, 0.1) is 5.82 Å². The lowest BCUT2D eigenvalue weighted by Gasteiger charge is -2.31. The Balaban J connectivity index is 2.15. The number of amides is 1. The molecular formula is C17H14ClF4NO2. The second-order valence-electron chi connectivity index (χ2n) is 5.38. The van der Waals surface area contributed by atoms with Crippen LogP contribution in [0.5, 0.6) is 0 Å². The summed E-state index contributed by atoms with van der Waals surface area (Å²) in [5.74, 6) is -1.64. The highest BCUT2D eigenvalue weighted by Gasteiger charge is 2.55. The minimum Gasteiger partial charge on any atom is -0.375 e. The summed E-state index contributed by atoms with van der Waals surface area (Å²) in [5, 5.41) is 12.1. The zero-order valence-corrected chi connectivity index (χ0v) is 13.5. The molecule has 0 bridgehead atoms. The number of nitrogens with one attached hydrogen (secondary N) is 1. The van der Waals surface area contributed by atoms with E-state index in [4.69, 9.17) is 11.6 Å². The van der Waals surface area contributed by atoms with E-state index in [0.717, 1.165) is 18.2 Å². The molecular weight excluding hydrogens is 362 g/mol. The van der Waals surface area contributed by atoms with E-state index in [-0.39, 0.29) is 10.6 Å². The Morgan fingerprint density at radius 2 is 1.72 bits per heavy atom. The van der Waals surface area contributed by atoms with Gasteiger partial charge >= 0.3 is 6.18 Å². The van der Waals surface area contributed by atoms with E-state index >= 15 is 0 Å². The average molecular weight is 376 g/mol. The first-order chi connectivity index (χ1) is 11.6. The molecule has 25 heavy (non-hydrogen) atoms. The van der Waals surface area contributed by atoms with Crippen LogP contribution in [0.2, 0.25) is 5.02 Å². The van der Waals surface area contributed by atoms with Crippen molar-refractivity contribution in [1.29, 1.82) is 0 Å². The molecule has 8 heteroatoms. The van der Waals surface area contributed by atoms with Gasteiger partial charge in [-0.3, -0.25) is 4.79 Å². The van der Waals surface area contributed by atoms with Gasteiger partial charge in [-0.05, 0) is 17.7 Å². The maximum Gasteiger partial charge on any atom is 0.423 e. The van der Waals surface area contributed by atoms with E-state index in [1.54, 1.807) is 0 Å². The van der Waals surface area contributed by atoms with Gasteiger partial charge < -0.3 is 10.4 Å². The van der Waals surface area contributed by atoms with Gasteiger partial charge in [-0.15, -0.1) is 0 Å². The monoisotopic (exact) mass is 375 g/mol. The predicted octanol–water partition coefficient (Wildman–Crippen LogP) is 3.59. The standard InChI is InChI=1S/C17H14ClF4NO2/c18-13-7-4-8-14(19)12(13)9-15(24)23-10-16(25,17(20,21)22)11-5-2-1-3-6-11/h1-8,25H,9-10H2,(H,23,24)/t16-/m1/s1. The summed E-state index contributed by atoms with van der Waals surface area (Å²) in [7, 11) is 0. The van der Waals surface area contributed by atoms with E-state index < -0.39 is 42.0 Å². The minimum absolute atomic E-state index is 0.00991. The summed E-state index contributed by atoms with van der Waals surface area (Å²) < 4.78 is 53.6. The van der Waals surface area contributed by atoms with E-state index in [9.17, 15) is 27.5 Å². The molecule has 0 spiro atoms. The van der Waals surface area contributed by atoms with Gasteiger partial charge in [0, 0.05) is 10.6 Å². The molecule has 0 saturated heterocycles. The molecule has 0 unspecified atom stereocenters. The molecule has 134 valence electrons. The zero-order chi connectivity index (χ0) is 18.7. The summed E-state index contributed by atoms with van der Waals surface area (Å²) in [4.78, 5) is 11.9. The molecule has 0 aromatic heterocycles. The SMILES string of the molecule is O=C(Cc1c(F)cccc1Cl)NC[C@@](O)(c1ccccc1)C(F)(F)F. The van der Waals surface area contributed by atoms with Crippen LogP contribution in [-0.2, 0) is 16.8 Å². The van der Waals surface area contributed by atoms with Crippen molar-refractivity contribution in [1.82, 2.24) is 5.32 Å². The fourth-order valence-corrected chi connectivity index (χ4v) is 2.46. The van der Waals surface area contributed by atoms with Crippen LogP contribution in [0.4, 0.5) is 17.6 Å². The number of benzene rings is 2. The molecule has 0 radical (unpaired) electrons. The highest BCUT2D eigenvalue weighted by Crippen LogP contribution is 2.38. The average Bonchev–Trinajstić information content (AvgIpc) is 2.56. The van der Waals surface area contributed by atoms with Gasteiger partial charge in [-0.25, -0.2) is 4.39 Å². The molecule has 1 amide bonds. The van der Waals surface area contributed by atoms with Crippen molar-refractivity contribution in [2.24, 2.45) is 0 Å². The molecule has 2 aromatic rings. The quantitative estimate of drug-likeness (QED) is 0.785. The Bertz CT molecular complexity index is 732. The van der Waals surface area contributed by atoms with Crippen molar-refractivity contribution in [3.05, 3.63) is 70.5 Å². The van der Waals surface area contributed by atoms with Crippen molar-refractivity contribution < 1.29 is 27.5 Å². The molecule has 2 rings (SSSR count). The molecule has 0 heterocycles. The molecule has 0 saturated carbocycles. The van der Waals surface area contributed by atoms with Gasteiger partial charge in [-0.2, -0.15) is 13.2 Å². The van der Waals surface area contributed by atoms with Crippen LogP contribution in [-0.4, -0.2) is 23.7 Å². The van der Waals surface area contributed by atoms with Crippen LogP contribution < -0.4 is 5.32 Å². The van der Waals surface area contributed by atoms with Crippen LogP contribution in [0.25, 0.3) is 0 Å². The van der Waals surface area contributed by atoms with Gasteiger partial charge in [0.05, 0.1) is 13.0 Å². The Hall–Kier alpha value is -2.12. The third-order valence-corrected chi connectivity index (χ3v) is 4.01. The van der Waals surface area contributed by atoms with Gasteiger partial charge in [0.25, 0.3) is 0 Å². The molecule has 1 atom stereocenters. The number of alkyl halides is 3. The van der Waals surface area contributed by atoms with Gasteiger partial charge in [0.1, 0.15) is 5.82 Å². The fourth-order valence-electron chi connectivity index (χ4n) is 2.23. The summed E-state index contributed by atoms with van der Waals surface area (Å²) >= 11 is 5.78. The normalized spacial score (nSPS) is 14.0. The molecule has 0 fully saturated rings. The first-order valence-corrected chi connectivity index (χ1v) is 7.57. The van der Waals surface area contributed by atoms with Crippen LogP contribution >= 0.6 is 11.6 Å². The second-order valence-corrected chi connectivity index (χ2v) is 5.78. The maximum atomic E-state index is 13.6. The number of carbonyl (C=O) groups excluding carboxylic acids is 1. The zero-order valence-electron chi connectivity index (χ0n) is 12.8. The molecule has 2 aromatic carbocycles. The van der Waals surface area contributed by atoms with Gasteiger partial charge in [0.2, 0.25) is 11.5 Å². The predicted molar refractivity (Wildman–Crippen MR) is 84.5 cm³/mol. The van der Waals surface area contributed by atoms with Crippen molar-refractivity contribution in [2.45, 2.75) is 18.2 Å². The topological polar surface area (TPSA) is 49.3 Å². The third kappa shape index (κ3) is 4.29. The van der Waals surface area contributed by atoms with Crippen LogP contribution in [0.1, 0.15) is 11.1 Å². The minimum atomic E-state index is -5.02. The van der Waals surface area contributed by atoms with Gasteiger partial charge in [0.15, 0.2) is 0 Å². The van der Waals surface area contributed by atoms with Crippen molar-refractivity contribution >= 4 is 17.5 Å². The highest BCUT2D eigenvalue weighted by atomic mass is 35.5. The Morgan fingerprint density at radius 1 is 1.08 bits per heavy atom. The Morgan fingerprint density at radius 3 is 2.28 bits per heavy atom. The summed E-state index contributed by atoms with van der Waals surface area (Å²) in [6.45, 7) is -1.11. The summed E-state index contributed by atoms with van der Waals surface area (Å²) in [6, 6.07) is 10.2. The summed E-state index contributed by atoms with van der Waals surface area (Å²) in [6.07, 6.45) is -5.56. The molecule has 0 aliphatic carbocycles. The molecule has 3 nitrogen and oxygen atoms in total. The summed E-state index contributed by atoms with van der Waals surface area (Å²) in [5.41, 5.74) is -3.80. The first-order valence-electron chi connectivity index (χ1n) is 7.19. The molecule has 0 aliphatic heterocycles. The number of aliphatic hydroxyl groups is 1. The maximum absolute atomic E-state index is 13.6. The highest BCUT2D eigenvalue weighted by molar-refractivity contribution is 6.31. The van der Waals surface area contributed by atoms with E-state index in [1.165, 1.54) is 30.3 Å². The lowest BCUT2D eigenvalue weighted by molar-refractivity contribution is -0.264. The molecule has 0 aliphatic rings. The van der Waals surface area contributed by atoms with Crippen molar-refractivity contribution in [2.75, 3.05) is 6.54 Å². The van der Waals surface area contributed by atoms with E-state index in [2.05, 4.69) is 0 Å². The number of carbonyl (C=O) groups is 1. The smallest absolute Gasteiger partial charge is 0.375 e. The van der Waals surface area contributed by atoms with E-state index in [0.29, 0.717) is 0 Å². The number of hydrogen-bond donors (Lipinski definition) is 2. The van der Waals surface area contributed by atoms with Crippen LogP contribution in [0.3, 0.4) is 0 Å². The van der Waals surface area contributed by atoms with Gasteiger partial charge in [-0.1, -0.05) is 48.0 Å². The third-order valence-electron chi connectivity index (χ3n) is 3.66. The van der Waals surface area contributed by atoms with Crippen molar-refractivity contribution in [3.63, 3.8) is 0 Å². The number of rotatable bonds is 5. The lowest BCUT2D eigenvalue weighted by Crippen LogP contribution is -2.51. The lowest BCUT2D eigenvalue weighted by atomic mass is 9.93. The Labute approximate surface area is 146 Å². The number of hydrogen-bond acceptors (Lipinski definition) is 2. The second kappa shape index (κ2) is 7.41.